The average molecular weight is 267 g/mol. The van der Waals surface area contributed by atoms with Crippen LogP contribution in [0.4, 0.5) is 0 Å². The fraction of sp³-hybridized carbons (Fsp3) is 0.250. The van der Waals surface area contributed by atoms with Crippen LogP contribution in [0, 0.1) is 0 Å². The van der Waals surface area contributed by atoms with Gasteiger partial charge in [-0.15, -0.1) is 0 Å². The van der Waals surface area contributed by atoms with E-state index in [0.717, 1.165) is 5.02 Å². The van der Waals surface area contributed by atoms with Crippen LogP contribution in [0.5, 0.6) is 0 Å². The van der Waals surface area contributed by atoms with Gasteiger partial charge < -0.3 is 0 Å². The van der Waals surface area contributed by atoms with Crippen LogP contribution in [0.2, 0.25) is 5.02 Å². The van der Waals surface area contributed by atoms with Crippen LogP contribution in [0.1, 0.15) is 16.4 Å². The van der Waals surface area contributed by atoms with Gasteiger partial charge in [0.15, 0.2) is 0 Å². The van der Waals surface area contributed by atoms with Crippen LogP contribution in [0.25, 0.3) is 0 Å². The van der Waals surface area contributed by atoms with Crippen LogP contribution in [0.15, 0.2) is 24.3 Å². The Hall–Kier alpha value is 0.240. The highest BCUT2D eigenvalue weighted by Gasteiger charge is 1.97. The molecule has 0 radical (unpaired) electrons. The van der Waals surface area contributed by atoms with E-state index in [1.165, 1.54) is 5.56 Å². The second kappa shape index (κ2) is 3.58. The fourth-order valence-electron chi connectivity index (χ4n) is 0.728. The fourth-order valence-corrected chi connectivity index (χ4v) is 1.27. The van der Waals surface area contributed by atoms with Gasteiger partial charge in [0.2, 0.25) is 0 Å². The largest absolute Gasteiger partial charge is 0.0843 e. The van der Waals surface area contributed by atoms with Crippen LogP contribution in [0.3, 0.4) is 0 Å². The molecule has 0 spiro atoms. The highest BCUT2D eigenvalue weighted by molar-refractivity contribution is 14.1. The maximum absolute atomic E-state index is 5.71. The van der Waals surface area contributed by atoms with E-state index in [9.17, 15) is 0 Å². The van der Waals surface area contributed by atoms with E-state index >= 15 is 0 Å². The van der Waals surface area contributed by atoms with Gasteiger partial charge in [-0.2, -0.15) is 0 Å². The van der Waals surface area contributed by atoms with Crippen molar-refractivity contribution >= 4 is 34.2 Å². The molecule has 2 heteroatoms. The molecule has 0 fully saturated rings. The van der Waals surface area contributed by atoms with Gasteiger partial charge in [0, 0.05) is 8.95 Å². The summed E-state index contributed by atoms with van der Waals surface area (Å²) in [7, 11) is 0. The van der Waals surface area contributed by atoms with Gasteiger partial charge in [0.05, 0.1) is 0 Å². The van der Waals surface area contributed by atoms with Crippen molar-refractivity contribution in [1.29, 1.82) is 0 Å². The van der Waals surface area contributed by atoms with Crippen molar-refractivity contribution in [2.75, 3.05) is 0 Å². The summed E-state index contributed by atoms with van der Waals surface area (Å²) in [5.74, 6) is 0. The molecule has 0 aliphatic heterocycles. The number of halogens is 2. The molecular weight excluding hydrogens is 258 g/mol. The smallest absolute Gasteiger partial charge is 0.0406 e. The molecule has 1 unspecified atom stereocenters. The standard InChI is InChI=1S/C8H8ClI/c1-6(10)7-2-4-8(9)5-3-7/h2-6H,1H3. The maximum atomic E-state index is 5.71. The molecule has 0 aromatic heterocycles. The molecule has 0 amide bonds. The molecule has 1 aromatic rings. The number of hydrogen-bond donors (Lipinski definition) is 0. The topological polar surface area (TPSA) is 0 Å². The second-order valence-corrected chi connectivity index (χ2v) is 4.47. The molecule has 0 aliphatic rings. The van der Waals surface area contributed by atoms with Crippen LogP contribution in [-0.4, -0.2) is 0 Å². The zero-order valence-corrected chi connectivity index (χ0v) is 8.56. The Morgan fingerprint density at radius 1 is 1.30 bits per heavy atom. The zero-order chi connectivity index (χ0) is 7.56. The van der Waals surface area contributed by atoms with Gasteiger partial charge in [-0.05, 0) is 24.6 Å². The number of hydrogen-bond acceptors (Lipinski definition) is 0. The minimum Gasteiger partial charge on any atom is -0.0843 e. The summed E-state index contributed by atoms with van der Waals surface area (Å²) in [5, 5.41) is 0.806. The average Bonchev–Trinajstić information content (AvgIpc) is 1.88. The van der Waals surface area contributed by atoms with Crippen molar-refractivity contribution in [3.8, 4) is 0 Å². The molecule has 0 bridgehead atoms. The summed E-state index contributed by atoms with van der Waals surface area (Å²) in [6, 6.07) is 7.96. The van der Waals surface area contributed by atoms with Gasteiger partial charge in [-0.3, -0.25) is 0 Å². The molecular formula is C8H8ClI. The molecule has 10 heavy (non-hydrogen) atoms. The second-order valence-electron chi connectivity index (χ2n) is 2.17. The van der Waals surface area contributed by atoms with E-state index in [2.05, 4.69) is 41.6 Å². The Kier molecular flexibility index (Phi) is 2.98. The lowest BCUT2D eigenvalue weighted by Crippen LogP contribution is -1.80. The number of rotatable bonds is 1. The minimum absolute atomic E-state index is 0.565. The van der Waals surface area contributed by atoms with Crippen molar-refractivity contribution in [2.24, 2.45) is 0 Å². The third-order valence-corrected chi connectivity index (χ3v) is 2.30. The molecule has 0 nitrogen and oxygen atoms in total. The normalized spacial score (nSPS) is 13.1. The third kappa shape index (κ3) is 2.13. The van der Waals surface area contributed by atoms with Crippen molar-refractivity contribution in [1.82, 2.24) is 0 Å². The lowest BCUT2D eigenvalue weighted by Gasteiger charge is -2.01. The highest BCUT2D eigenvalue weighted by Crippen LogP contribution is 2.23. The van der Waals surface area contributed by atoms with Gasteiger partial charge in [-0.1, -0.05) is 46.3 Å². The molecule has 0 aliphatic carbocycles. The number of alkyl halides is 1. The minimum atomic E-state index is 0.565. The summed E-state index contributed by atoms with van der Waals surface area (Å²) in [6.45, 7) is 2.16. The first kappa shape index (κ1) is 8.34. The van der Waals surface area contributed by atoms with Crippen molar-refractivity contribution in [3.63, 3.8) is 0 Å². The summed E-state index contributed by atoms with van der Waals surface area (Å²) >= 11 is 8.09. The van der Waals surface area contributed by atoms with Crippen LogP contribution in [-0.2, 0) is 0 Å². The Morgan fingerprint density at radius 2 is 1.80 bits per heavy atom. The van der Waals surface area contributed by atoms with E-state index in [1.54, 1.807) is 0 Å². The van der Waals surface area contributed by atoms with Crippen molar-refractivity contribution in [3.05, 3.63) is 34.9 Å². The SMILES string of the molecule is CC(I)c1ccc(Cl)cc1. The van der Waals surface area contributed by atoms with E-state index in [0.29, 0.717) is 3.92 Å². The van der Waals surface area contributed by atoms with E-state index < -0.39 is 0 Å². The summed E-state index contributed by atoms with van der Waals surface area (Å²) in [5.41, 5.74) is 1.32. The van der Waals surface area contributed by atoms with E-state index in [1.807, 2.05) is 12.1 Å². The molecule has 1 atom stereocenters. The first-order chi connectivity index (χ1) is 4.70. The summed E-state index contributed by atoms with van der Waals surface area (Å²) in [6.07, 6.45) is 0. The van der Waals surface area contributed by atoms with Gasteiger partial charge in [0.1, 0.15) is 0 Å². The maximum Gasteiger partial charge on any atom is 0.0406 e. The van der Waals surface area contributed by atoms with Gasteiger partial charge in [0.25, 0.3) is 0 Å². The predicted molar refractivity (Wildman–Crippen MR) is 53.9 cm³/mol. The van der Waals surface area contributed by atoms with Gasteiger partial charge in [-0.25, -0.2) is 0 Å². The molecule has 1 aromatic carbocycles. The van der Waals surface area contributed by atoms with Crippen molar-refractivity contribution in [2.45, 2.75) is 10.8 Å². The Labute approximate surface area is 79.7 Å². The molecule has 0 saturated carbocycles. The van der Waals surface area contributed by atoms with Gasteiger partial charge >= 0.3 is 0 Å². The predicted octanol–water partition coefficient (Wildman–Crippen LogP) is 3.84. The van der Waals surface area contributed by atoms with Crippen molar-refractivity contribution < 1.29 is 0 Å². The molecule has 54 valence electrons. The summed E-state index contributed by atoms with van der Waals surface area (Å²) in [4.78, 5) is 0. The molecule has 1 rings (SSSR count). The monoisotopic (exact) mass is 266 g/mol. The molecule has 0 N–H and O–H groups in total. The zero-order valence-electron chi connectivity index (χ0n) is 5.64. The lowest BCUT2D eigenvalue weighted by atomic mass is 10.2. The van der Waals surface area contributed by atoms with E-state index in [4.69, 9.17) is 11.6 Å². The van der Waals surface area contributed by atoms with Crippen LogP contribution < -0.4 is 0 Å². The lowest BCUT2D eigenvalue weighted by molar-refractivity contribution is 1.15. The first-order valence-corrected chi connectivity index (χ1v) is 4.72. The Balaban J connectivity index is 2.89. The van der Waals surface area contributed by atoms with E-state index in [-0.39, 0.29) is 0 Å². The highest BCUT2D eigenvalue weighted by atomic mass is 127. The van der Waals surface area contributed by atoms with Crippen LogP contribution >= 0.6 is 34.2 Å². The molecule has 0 heterocycles. The first-order valence-electron chi connectivity index (χ1n) is 3.09. The Bertz CT molecular complexity index is 203. The number of benzene rings is 1. The summed E-state index contributed by atoms with van der Waals surface area (Å²) < 4.78 is 0.565. The Morgan fingerprint density at radius 3 is 2.20 bits per heavy atom. The quantitative estimate of drug-likeness (QED) is 0.535. The third-order valence-electron chi connectivity index (χ3n) is 1.33. The molecule has 0 saturated heterocycles.